The Morgan fingerprint density at radius 2 is 1.58 bits per heavy atom. The minimum absolute atomic E-state index is 0.0651. The number of fused-ring (bicyclic) bond motifs is 10. The van der Waals surface area contributed by atoms with E-state index < -0.39 is 0 Å². The lowest BCUT2D eigenvalue weighted by atomic mass is 9.91. The Morgan fingerprint density at radius 1 is 0.814 bits per heavy atom. The highest BCUT2D eigenvalue weighted by Gasteiger charge is 2.39. The van der Waals surface area contributed by atoms with Crippen LogP contribution in [0.3, 0.4) is 0 Å². The summed E-state index contributed by atoms with van der Waals surface area (Å²) >= 11 is 0. The lowest BCUT2D eigenvalue weighted by Gasteiger charge is -2.31. The summed E-state index contributed by atoms with van der Waals surface area (Å²) in [4.78, 5) is 2.12. The van der Waals surface area contributed by atoms with E-state index >= 15 is 0 Å². The van der Waals surface area contributed by atoms with Gasteiger partial charge in [-0.25, -0.2) is 0 Å². The Hall–Kier alpha value is -6.04. The number of rotatable bonds is 4. The van der Waals surface area contributed by atoms with Gasteiger partial charge in [0, 0.05) is 33.8 Å². The smallest absolute Gasteiger partial charge is 0.145 e. The highest BCUT2D eigenvalue weighted by Crippen LogP contribution is 2.48. The molecule has 2 atom stereocenters. The van der Waals surface area contributed by atoms with Crippen LogP contribution in [-0.4, -0.2) is 10.6 Å². The van der Waals surface area contributed by atoms with Crippen molar-refractivity contribution in [2.45, 2.75) is 12.0 Å². The maximum atomic E-state index is 10.8. The molecular formula is C38H24N4O. The zero-order chi connectivity index (χ0) is 29.1. The van der Waals surface area contributed by atoms with E-state index in [4.69, 9.17) is 4.42 Å². The van der Waals surface area contributed by atoms with E-state index in [-0.39, 0.29) is 12.0 Å². The lowest BCUT2D eigenvalue weighted by Crippen LogP contribution is -2.33. The minimum Gasteiger partial charge on any atom is -0.455 e. The lowest BCUT2D eigenvalue weighted by molar-refractivity contribution is 0.673. The van der Waals surface area contributed by atoms with Crippen molar-refractivity contribution < 1.29 is 4.42 Å². The van der Waals surface area contributed by atoms with Crippen LogP contribution in [0.25, 0.3) is 49.4 Å². The molecule has 0 spiro atoms. The average Bonchev–Trinajstić information content (AvgIpc) is 3.71. The Balaban J connectivity index is 1.44. The van der Waals surface area contributed by atoms with E-state index in [0.29, 0.717) is 17.0 Å². The molecule has 0 saturated carbocycles. The standard InChI is InChI=1S/C38H24N4O/c1-2-30(29(23-40)34(21-22-39)42-31-15-7-3-11-24(31)25-12-4-8-16-32(25)42)41-33-17-9-5-14-28(33)37-35(41)20-19-27-26-13-6-10-18-36(26)43-38(27)37/h2-21,24,31H,1H2/b30-29+,34-21-. The predicted octanol–water partition coefficient (Wildman–Crippen LogP) is 9.12. The van der Waals surface area contributed by atoms with Gasteiger partial charge in [0.1, 0.15) is 22.8 Å². The van der Waals surface area contributed by atoms with E-state index in [1.807, 2.05) is 54.6 Å². The minimum atomic E-state index is -0.0651. The molecule has 6 aromatic rings. The normalized spacial score (nSPS) is 18.1. The molecular weight excluding hydrogens is 528 g/mol. The van der Waals surface area contributed by atoms with Crippen molar-refractivity contribution in [1.82, 2.24) is 4.57 Å². The first kappa shape index (κ1) is 24.7. The van der Waals surface area contributed by atoms with Gasteiger partial charge in [0.15, 0.2) is 0 Å². The second-order valence-electron chi connectivity index (χ2n) is 10.7. The molecule has 1 aliphatic heterocycles. The molecule has 5 heteroatoms. The number of aromatic nitrogens is 1. The van der Waals surface area contributed by atoms with Gasteiger partial charge in [0.05, 0.1) is 39.9 Å². The van der Waals surface area contributed by atoms with Crippen molar-refractivity contribution in [3.8, 4) is 12.1 Å². The third kappa shape index (κ3) is 3.43. The predicted molar refractivity (Wildman–Crippen MR) is 173 cm³/mol. The first-order valence-electron chi connectivity index (χ1n) is 14.2. The van der Waals surface area contributed by atoms with E-state index in [1.54, 1.807) is 6.08 Å². The van der Waals surface area contributed by atoms with Gasteiger partial charge in [-0.05, 0) is 42.0 Å². The first-order valence-corrected chi connectivity index (χ1v) is 14.2. The molecule has 202 valence electrons. The maximum absolute atomic E-state index is 10.8. The molecule has 8 rings (SSSR count). The Labute approximate surface area is 248 Å². The van der Waals surface area contributed by atoms with Crippen molar-refractivity contribution in [2.24, 2.45) is 0 Å². The molecule has 0 radical (unpaired) electrons. The quantitative estimate of drug-likeness (QED) is 0.162. The summed E-state index contributed by atoms with van der Waals surface area (Å²) in [6.07, 6.45) is 11.6. The van der Waals surface area contributed by atoms with Crippen LogP contribution >= 0.6 is 0 Å². The van der Waals surface area contributed by atoms with Crippen molar-refractivity contribution in [1.29, 1.82) is 10.5 Å². The van der Waals surface area contributed by atoms with Gasteiger partial charge >= 0.3 is 0 Å². The van der Waals surface area contributed by atoms with Crippen molar-refractivity contribution >= 4 is 55.1 Å². The van der Waals surface area contributed by atoms with Crippen LogP contribution in [0, 0.1) is 22.7 Å². The molecule has 3 heterocycles. The number of hydrogen-bond donors (Lipinski definition) is 0. The number of anilines is 1. The molecule has 0 amide bonds. The summed E-state index contributed by atoms with van der Waals surface area (Å²) in [5.74, 6) is 0.116. The second kappa shape index (κ2) is 9.52. The number of benzene rings is 4. The molecule has 2 aromatic heterocycles. The topological polar surface area (TPSA) is 68.9 Å². The number of para-hydroxylation sites is 3. The fourth-order valence-electron chi connectivity index (χ4n) is 6.94. The molecule has 2 aliphatic rings. The van der Waals surface area contributed by atoms with Crippen LogP contribution < -0.4 is 4.90 Å². The van der Waals surface area contributed by atoms with Crippen molar-refractivity contribution in [3.63, 3.8) is 0 Å². The van der Waals surface area contributed by atoms with Gasteiger partial charge in [0.2, 0.25) is 0 Å². The Bertz CT molecular complexity index is 2360. The Kier molecular flexibility index (Phi) is 5.47. The van der Waals surface area contributed by atoms with Crippen LogP contribution in [0.4, 0.5) is 5.69 Å². The molecule has 1 aliphatic carbocycles. The van der Waals surface area contributed by atoms with Crippen LogP contribution in [0.2, 0.25) is 0 Å². The van der Waals surface area contributed by atoms with E-state index in [0.717, 1.165) is 49.4 Å². The van der Waals surface area contributed by atoms with Gasteiger partial charge in [-0.15, -0.1) is 0 Å². The van der Waals surface area contributed by atoms with Gasteiger partial charge in [0.25, 0.3) is 0 Å². The largest absolute Gasteiger partial charge is 0.455 e. The number of allylic oxidation sites excluding steroid dienone is 6. The van der Waals surface area contributed by atoms with Crippen LogP contribution in [0.15, 0.2) is 144 Å². The maximum Gasteiger partial charge on any atom is 0.145 e. The zero-order valence-corrected chi connectivity index (χ0v) is 23.1. The monoisotopic (exact) mass is 552 g/mol. The molecule has 0 N–H and O–H groups in total. The summed E-state index contributed by atoms with van der Waals surface area (Å²) in [6, 6.07) is 33.2. The highest BCUT2D eigenvalue weighted by molar-refractivity contribution is 6.24. The number of nitrogens with zero attached hydrogens (tertiary/aromatic N) is 4. The van der Waals surface area contributed by atoms with E-state index in [1.165, 1.54) is 11.6 Å². The van der Waals surface area contributed by atoms with E-state index in [2.05, 4.69) is 82.8 Å². The average molecular weight is 553 g/mol. The highest BCUT2D eigenvalue weighted by atomic mass is 16.3. The molecule has 43 heavy (non-hydrogen) atoms. The Morgan fingerprint density at radius 3 is 2.42 bits per heavy atom. The number of hydrogen-bond acceptors (Lipinski definition) is 4. The summed E-state index contributed by atoms with van der Waals surface area (Å²) in [6.45, 7) is 4.18. The fraction of sp³-hybridized carbons (Fsp3) is 0.0526. The third-order valence-electron chi connectivity index (χ3n) is 8.66. The van der Waals surface area contributed by atoms with Crippen LogP contribution in [0.1, 0.15) is 11.5 Å². The van der Waals surface area contributed by atoms with Gasteiger partial charge in [-0.2, -0.15) is 10.5 Å². The van der Waals surface area contributed by atoms with Gasteiger partial charge in [-0.1, -0.05) is 85.5 Å². The molecule has 4 aromatic carbocycles. The summed E-state index contributed by atoms with van der Waals surface area (Å²) in [5.41, 5.74) is 7.10. The van der Waals surface area contributed by atoms with Gasteiger partial charge < -0.3 is 13.9 Å². The zero-order valence-electron chi connectivity index (χ0n) is 23.1. The SMILES string of the molecule is C=C/C(=C(C#N)\C(=C\C#N)N1c2ccccc2C2C=CC=CC21)n1c2ccccc2c2c3oc4ccccc4c3ccc21. The van der Waals surface area contributed by atoms with E-state index in [9.17, 15) is 10.5 Å². The fourth-order valence-corrected chi connectivity index (χ4v) is 6.94. The first-order chi connectivity index (χ1) is 21.2. The van der Waals surface area contributed by atoms with Crippen molar-refractivity contribution in [3.05, 3.63) is 145 Å². The van der Waals surface area contributed by atoms with Crippen LogP contribution in [0.5, 0.6) is 0 Å². The number of furan rings is 1. The third-order valence-corrected chi connectivity index (χ3v) is 8.66. The molecule has 5 nitrogen and oxygen atoms in total. The summed E-state index contributed by atoms with van der Waals surface area (Å²) in [5, 5.41) is 25.0. The van der Waals surface area contributed by atoms with Gasteiger partial charge in [-0.3, -0.25) is 0 Å². The molecule has 0 saturated heterocycles. The number of nitriles is 2. The molecule has 0 fully saturated rings. The molecule has 0 bridgehead atoms. The molecule has 2 unspecified atom stereocenters. The van der Waals surface area contributed by atoms with Crippen molar-refractivity contribution in [2.75, 3.05) is 4.90 Å². The second-order valence-corrected chi connectivity index (χ2v) is 10.7. The summed E-state index contributed by atoms with van der Waals surface area (Å²) in [7, 11) is 0. The van der Waals surface area contributed by atoms with Crippen LogP contribution in [-0.2, 0) is 0 Å². The summed E-state index contributed by atoms with van der Waals surface area (Å²) < 4.78 is 8.53.